The van der Waals surface area contributed by atoms with Crippen LogP contribution in [0.25, 0.3) is 0 Å². The monoisotopic (exact) mass is 1030 g/mol. The van der Waals surface area contributed by atoms with Crippen LogP contribution in [0.15, 0.2) is 0 Å². The van der Waals surface area contributed by atoms with Gasteiger partial charge in [0.1, 0.15) is 0 Å². The topological polar surface area (TPSA) is 96.0 Å². The smallest absolute Gasteiger partial charge is 0.313 e. The minimum absolute atomic E-state index is 0.00464. The van der Waals surface area contributed by atoms with Crippen LogP contribution in [-0.2, 0) is 33.4 Å². The summed E-state index contributed by atoms with van der Waals surface area (Å²) in [7, 11) is 0. The Morgan fingerprint density at radius 1 is 0.192 bits per heavy atom. The Labute approximate surface area is 454 Å². The first-order valence-electron chi connectivity index (χ1n) is 33.0. The fraction of sp³-hybridized carbons (Fsp3) is 0.939. The summed E-state index contributed by atoms with van der Waals surface area (Å²) in [4.78, 5) is 48.3. The van der Waals surface area contributed by atoms with Crippen LogP contribution in [0.3, 0.4) is 0 Å². The van der Waals surface area contributed by atoms with E-state index in [1.54, 1.807) is 0 Å². The van der Waals surface area contributed by atoms with E-state index in [1.807, 2.05) is 0 Å². The van der Waals surface area contributed by atoms with Crippen LogP contribution in [0.2, 0.25) is 0 Å². The third-order valence-electron chi connectivity index (χ3n) is 15.3. The number of hydrogen-bond acceptors (Lipinski definition) is 7. The number of rotatable bonds is 62. The maximum atomic E-state index is 12.1. The molecule has 0 radical (unpaired) electrons. The molecule has 0 rings (SSSR count). The molecule has 0 spiro atoms. The molecule has 0 aromatic heterocycles. The van der Waals surface area contributed by atoms with Gasteiger partial charge in [-0.25, -0.2) is 0 Å². The molecule has 7 nitrogen and oxygen atoms in total. The van der Waals surface area contributed by atoms with Crippen LogP contribution in [0, 0.1) is 0 Å². The Kier molecular flexibility index (Phi) is 61.0. The lowest BCUT2D eigenvalue weighted by Gasteiger charge is -2.06. The third-order valence-corrected chi connectivity index (χ3v) is 15.3. The van der Waals surface area contributed by atoms with Crippen LogP contribution in [0.1, 0.15) is 386 Å². The van der Waals surface area contributed by atoms with E-state index in [9.17, 15) is 19.2 Å². The van der Waals surface area contributed by atoms with Gasteiger partial charge < -0.3 is 14.2 Å². The molecule has 0 saturated heterocycles. The first-order valence-corrected chi connectivity index (χ1v) is 33.0. The van der Waals surface area contributed by atoms with Crippen molar-refractivity contribution in [2.24, 2.45) is 0 Å². The van der Waals surface area contributed by atoms with Gasteiger partial charge in [0.15, 0.2) is 0 Å². The van der Waals surface area contributed by atoms with Gasteiger partial charge in [0.2, 0.25) is 0 Å². The van der Waals surface area contributed by atoms with Crippen molar-refractivity contribution < 1.29 is 33.4 Å². The highest BCUT2D eigenvalue weighted by Crippen LogP contribution is 2.18. The van der Waals surface area contributed by atoms with Gasteiger partial charge in [-0.3, -0.25) is 19.2 Å². The van der Waals surface area contributed by atoms with Gasteiger partial charge in [-0.1, -0.05) is 322 Å². The summed E-state index contributed by atoms with van der Waals surface area (Å²) in [6.45, 7) is 5.72. The van der Waals surface area contributed by atoms with Gasteiger partial charge in [0.05, 0.1) is 13.2 Å². The Bertz CT molecular complexity index is 1140. The van der Waals surface area contributed by atoms with Crippen LogP contribution in [-0.4, -0.2) is 37.1 Å². The average molecular weight is 1030 g/mol. The van der Waals surface area contributed by atoms with Crippen LogP contribution < -0.4 is 0 Å². The highest BCUT2D eigenvalue weighted by Gasteiger charge is 2.10. The molecule has 0 unspecified atom stereocenters. The second-order valence-electron chi connectivity index (χ2n) is 22.7. The van der Waals surface area contributed by atoms with Crippen molar-refractivity contribution in [3.8, 4) is 0 Å². The number of esters is 4. The average Bonchev–Trinajstić information content (AvgIpc) is 3.38. The second-order valence-corrected chi connectivity index (χ2v) is 22.7. The summed E-state index contributed by atoms with van der Waals surface area (Å²) >= 11 is 0. The summed E-state index contributed by atoms with van der Waals surface area (Å²) in [6.07, 6.45) is 69.8. The molecular formula is C66H126O7. The lowest BCUT2D eigenvalue weighted by atomic mass is 10.0. The maximum Gasteiger partial charge on any atom is 0.313 e. The Morgan fingerprint density at radius 3 is 0.534 bits per heavy atom. The predicted octanol–water partition coefficient (Wildman–Crippen LogP) is 21.8. The zero-order valence-corrected chi connectivity index (χ0v) is 49.3. The van der Waals surface area contributed by atoms with Crippen LogP contribution in [0.5, 0.6) is 0 Å². The number of carbonyl (C=O) groups excluding carboxylic acids is 4. The molecule has 0 fully saturated rings. The van der Waals surface area contributed by atoms with E-state index in [1.165, 1.54) is 263 Å². The number of ether oxygens (including phenoxy) is 3. The highest BCUT2D eigenvalue weighted by atomic mass is 16.6. The van der Waals surface area contributed by atoms with Crippen molar-refractivity contribution in [2.45, 2.75) is 386 Å². The molecule has 0 saturated carbocycles. The van der Waals surface area contributed by atoms with Crippen molar-refractivity contribution in [2.75, 3.05) is 13.2 Å². The summed E-state index contributed by atoms with van der Waals surface area (Å²) in [5.41, 5.74) is 0. The quantitative estimate of drug-likeness (QED) is 0.0259. The molecule has 73 heavy (non-hydrogen) atoms. The number of unbranched alkanes of at least 4 members (excludes halogenated alkanes) is 50. The Morgan fingerprint density at radius 2 is 0.342 bits per heavy atom. The lowest BCUT2D eigenvalue weighted by Crippen LogP contribution is -2.11. The zero-order chi connectivity index (χ0) is 52.9. The molecule has 7 heteroatoms. The molecule has 0 atom stereocenters. The van der Waals surface area contributed by atoms with Gasteiger partial charge >= 0.3 is 23.9 Å². The molecule has 0 aliphatic carbocycles. The van der Waals surface area contributed by atoms with Crippen LogP contribution in [0.4, 0.5) is 0 Å². The summed E-state index contributed by atoms with van der Waals surface area (Å²) in [5.74, 6) is -0.738. The summed E-state index contributed by atoms with van der Waals surface area (Å²) < 4.78 is 16.0. The van der Waals surface area contributed by atoms with E-state index < -0.39 is 0 Å². The molecule has 432 valence electrons. The fourth-order valence-electron chi connectivity index (χ4n) is 10.3. The van der Waals surface area contributed by atoms with Crippen molar-refractivity contribution in [3.63, 3.8) is 0 Å². The summed E-state index contributed by atoms with van der Waals surface area (Å²) in [5, 5.41) is 0. The molecule has 0 aromatic rings. The highest BCUT2D eigenvalue weighted by molar-refractivity contribution is 5.85. The number of hydrogen-bond donors (Lipinski definition) is 0. The molecule has 0 heterocycles. The Balaban J connectivity index is 3.30. The lowest BCUT2D eigenvalue weighted by molar-refractivity contribution is -0.160. The van der Waals surface area contributed by atoms with E-state index in [0.717, 1.165) is 83.5 Å². The third kappa shape index (κ3) is 62.5. The molecule has 0 aliphatic heterocycles. The van der Waals surface area contributed by atoms with Gasteiger partial charge in [-0.15, -0.1) is 0 Å². The minimum Gasteiger partial charge on any atom is -0.466 e. The number of carbonyl (C=O) groups is 4. The first kappa shape index (κ1) is 71.1. The SMILES string of the molecule is CCCCCCCCCCCCCCCCCC(=O)OCCCCCCCCCCCC(=O)OC(=O)CCCCCCCCCCCCCCCCCCCOC(=O)CCCCCCCCCCCCCCC. The van der Waals surface area contributed by atoms with E-state index in [4.69, 9.17) is 14.2 Å². The normalized spacial score (nSPS) is 11.4. The molecule has 0 amide bonds. The van der Waals surface area contributed by atoms with Crippen molar-refractivity contribution in [1.82, 2.24) is 0 Å². The van der Waals surface area contributed by atoms with Gasteiger partial charge in [0, 0.05) is 25.7 Å². The predicted molar refractivity (Wildman–Crippen MR) is 312 cm³/mol. The van der Waals surface area contributed by atoms with E-state index >= 15 is 0 Å². The fourth-order valence-corrected chi connectivity index (χ4v) is 10.3. The molecule has 0 aromatic carbocycles. The zero-order valence-electron chi connectivity index (χ0n) is 49.3. The molecule has 0 aliphatic rings. The van der Waals surface area contributed by atoms with Gasteiger partial charge in [0.25, 0.3) is 0 Å². The molecular weight excluding hydrogens is 905 g/mol. The summed E-state index contributed by atoms with van der Waals surface area (Å²) in [6, 6.07) is 0. The maximum absolute atomic E-state index is 12.1. The van der Waals surface area contributed by atoms with Crippen molar-refractivity contribution in [1.29, 1.82) is 0 Å². The van der Waals surface area contributed by atoms with Crippen molar-refractivity contribution >= 4 is 23.9 Å². The van der Waals surface area contributed by atoms with E-state index in [0.29, 0.717) is 38.9 Å². The second kappa shape index (κ2) is 62.6. The van der Waals surface area contributed by atoms with Gasteiger partial charge in [-0.2, -0.15) is 0 Å². The first-order chi connectivity index (χ1) is 36.0. The van der Waals surface area contributed by atoms with E-state index in [2.05, 4.69) is 13.8 Å². The van der Waals surface area contributed by atoms with E-state index in [-0.39, 0.29) is 23.9 Å². The molecule has 0 N–H and O–H groups in total. The van der Waals surface area contributed by atoms with Gasteiger partial charge in [-0.05, 0) is 38.5 Å². The largest absolute Gasteiger partial charge is 0.466 e. The standard InChI is InChI=1S/C66H126O7/c1-3-5-7-9-11-13-15-17-21-25-29-34-40-46-52-58-64(68)72-62-56-50-44-38-32-36-42-48-54-60-66(70)73-65(69)59-53-47-41-35-30-26-22-19-18-20-23-27-31-37-43-49-55-61-71-63(67)57-51-45-39-33-28-24-16-14-12-10-8-6-4-2/h3-62H2,1-2H3. The van der Waals surface area contributed by atoms with Crippen LogP contribution >= 0.6 is 0 Å². The Hall–Kier alpha value is -1.92. The van der Waals surface area contributed by atoms with Crippen molar-refractivity contribution in [3.05, 3.63) is 0 Å². The minimum atomic E-state index is -0.363. The molecule has 0 bridgehead atoms.